The number of aromatic nitrogens is 3. The van der Waals surface area contributed by atoms with Gasteiger partial charge in [-0.2, -0.15) is 5.10 Å². The molecular weight excluding hydrogens is 206 g/mol. The van der Waals surface area contributed by atoms with Crippen molar-refractivity contribution in [2.24, 2.45) is 0 Å². The highest BCUT2D eigenvalue weighted by molar-refractivity contribution is 5.38. The average molecular weight is 217 g/mol. The van der Waals surface area contributed by atoms with Gasteiger partial charge >= 0.3 is 0 Å². The Labute approximate surface area is 92.6 Å². The highest BCUT2D eigenvalue weighted by Crippen LogP contribution is 2.18. The summed E-state index contributed by atoms with van der Waals surface area (Å²) >= 11 is 0. The van der Waals surface area contributed by atoms with Gasteiger partial charge < -0.3 is 9.47 Å². The summed E-state index contributed by atoms with van der Waals surface area (Å²) in [4.78, 5) is 3.90. The molecule has 2 aromatic rings. The summed E-state index contributed by atoms with van der Waals surface area (Å²) in [5.41, 5.74) is 0.937. The van der Waals surface area contributed by atoms with E-state index in [1.807, 2.05) is 24.3 Å². The van der Waals surface area contributed by atoms with E-state index in [1.54, 1.807) is 11.0 Å². The molecule has 0 N–H and O–H groups in total. The first-order valence-electron chi connectivity index (χ1n) is 5.11. The summed E-state index contributed by atoms with van der Waals surface area (Å²) in [7, 11) is 0. The predicted molar refractivity (Wildman–Crippen MR) is 56.6 cm³/mol. The molecule has 1 aromatic carbocycles. The van der Waals surface area contributed by atoms with Gasteiger partial charge in [-0.15, -0.1) is 0 Å². The third-order valence-electron chi connectivity index (χ3n) is 2.34. The molecule has 1 unspecified atom stereocenters. The van der Waals surface area contributed by atoms with Crippen LogP contribution >= 0.6 is 0 Å². The molecule has 1 aromatic heterocycles. The second-order valence-corrected chi connectivity index (χ2v) is 3.60. The van der Waals surface area contributed by atoms with E-state index in [0.29, 0.717) is 6.61 Å². The maximum Gasteiger partial charge on any atom is 0.138 e. The molecule has 5 nitrogen and oxygen atoms in total. The first-order chi connectivity index (χ1) is 7.92. The van der Waals surface area contributed by atoms with Crippen molar-refractivity contribution in [1.82, 2.24) is 14.8 Å². The number of hydrogen-bond acceptors (Lipinski definition) is 4. The largest absolute Gasteiger partial charge is 0.491 e. The molecule has 1 fully saturated rings. The molecule has 1 saturated heterocycles. The van der Waals surface area contributed by atoms with Crippen LogP contribution in [0.1, 0.15) is 0 Å². The smallest absolute Gasteiger partial charge is 0.138 e. The van der Waals surface area contributed by atoms with Crippen molar-refractivity contribution in [3.63, 3.8) is 0 Å². The minimum Gasteiger partial charge on any atom is -0.491 e. The molecule has 5 heteroatoms. The fraction of sp³-hybridized carbons (Fsp3) is 0.273. The molecule has 1 aliphatic heterocycles. The van der Waals surface area contributed by atoms with E-state index in [4.69, 9.17) is 9.47 Å². The normalized spacial score (nSPS) is 18.4. The van der Waals surface area contributed by atoms with E-state index < -0.39 is 0 Å². The van der Waals surface area contributed by atoms with Crippen molar-refractivity contribution in [3.05, 3.63) is 36.9 Å². The Hall–Kier alpha value is -1.88. The number of rotatable bonds is 4. The van der Waals surface area contributed by atoms with Crippen molar-refractivity contribution in [1.29, 1.82) is 0 Å². The van der Waals surface area contributed by atoms with Gasteiger partial charge in [-0.3, -0.25) is 0 Å². The lowest BCUT2D eigenvalue weighted by atomic mass is 10.3. The van der Waals surface area contributed by atoms with Crippen LogP contribution in [0.25, 0.3) is 5.69 Å². The molecule has 0 saturated carbocycles. The topological polar surface area (TPSA) is 52.5 Å². The van der Waals surface area contributed by atoms with Crippen LogP contribution in [0.3, 0.4) is 0 Å². The van der Waals surface area contributed by atoms with Gasteiger partial charge in [-0.05, 0) is 12.1 Å². The van der Waals surface area contributed by atoms with Crippen molar-refractivity contribution in [2.45, 2.75) is 6.10 Å². The maximum absolute atomic E-state index is 5.58. The van der Waals surface area contributed by atoms with E-state index >= 15 is 0 Å². The van der Waals surface area contributed by atoms with E-state index in [9.17, 15) is 0 Å². The number of benzene rings is 1. The van der Waals surface area contributed by atoms with Crippen LogP contribution in [0.5, 0.6) is 5.75 Å². The monoisotopic (exact) mass is 217 g/mol. The summed E-state index contributed by atoms with van der Waals surface area (Å²) < 4.78 is 12.4. The number of hydrogen-bond donors (Lipinski definition) is 0. The first-order valence-corrected chi connectivity index (χ1v) is 5.11. The van der Waals surface area contributed by atoms with E-state index in [1.165, 1.54) is 6.33 Å². The van der Waals surface area contributed by atoms with Crippen LogP contribution < -0.4 is 4.74 Å². The summed E-state index contributed by atoms with van der Waals surface area (Å²) in [5, 5.41) is 4.06. The Balaban J connectivity index is 1.76. The first kappa shape index (κ1) is 9.35. The van der Waals surface area contributed by atoms with E-state index in [0.717, 1.165) is 18.0 Å². The second kappa shape index (κ2) is 3.94. The molecular formula is C11H11N3O2. The van der Waals surface area contributed by atoms with Crippen molar-refractivity contribution < 1.29 is 9.47 Å². The van der Waals surface area contributed by atoms with Gasteiger partial charge in [0, 0.05) is 6.07 Å². The fourth-order valence-corrected chi connectivity index (χ4v) is 1.41. The van der Waals surface area contributed by atoms with Crippen molar-refractivity contribution in [3.8, 4) is 11.4 Å². The lowest BCUT2D eigenvalue weighted by molar-refractivity contribution is 0.263. The quantitative estimate of drug-likeness (QED) is 0.718. The molecule has 0 aliphatic carbocycles. The summed E-state index contributed by atoms with van der Waals surface area (Å²) in [6.07, 6.45) is 3.43. The standard InChI is InChI=1S/C11H11N3O2/c1-2-9(14-8-12-7-13-14)4-10(3-1)15-5-11-6-16-11/h1-4,7-8,11H,5-6H2. The van der Waals surface area contributed by atoms with E-state index in [-0.39, 0.29) is 6.10 Å². The number of nitrogens with zero attached hydrogens (tertiary/aromatic N) is 3. The van der Waals surface area contributed by atoms with E-state index in [2.05, 4.69) is 10.1 Å². The van der Waals surface area contributed by atoms with Gasteiger partial charge in [-0.1, -0.05) is 6.07 Å². The van der Waals surface area contributed by atoms with Crippen LogP contribution in [0.2, 0.25) is 0 Å². The maximum atomic E-state index is 5.58. The molecule has 0 amide bonds. The zero-order chi connectivity index (χ0) is 10.8. The molecule has 82 valence electrons. The van der Waals surface area contributed by atoms with Gasteiger partial charge in [-0.25, -0.2) is 9.67 Å². The Bertz CT molecular complexity index is 466. The van der Waals surface area contributed by atoms with Gasteiger partial charge in [0.25, 0.3) is 0 Å². The third-order valence-corrected chi connectivity index (χ3v) is 2.34. The van der Waals surface area contributed by atoms with Crippen LogP contribution in [0, 0.1) is 0 Å². The van der Waals surface area contributed by atoms with Gasteiger partial charge in [0.15, 0.2) is 0 Å². The molecule has 1 aliphatic rings. The number of ether oxygens (including phenoxy) is 2. The van der Waals surface area contributed by atoms with Crippen LogP contribution in [0.15, 0.2) is 36.9 Å². The Kier molecular flexibility index (Phi) is 2.30. The molecule has 0 spiro atoms. The zero-order valence-electron chi connectivity index (χ0n) is 8.61. The number of epoxide rings is 1. The minimum absolute atomic E-state index is 0.273. The molecule has 3 rings (SSSR count). The lowest BCUT2D eigenvalue weighted by Gasteiger charge is -2.06. The summed E-state index contributed by atoms with van der Waals surface area (Å²) in [6.45, 7) is 1.42. The summed E-state index contributed by atoms with van der Waals surface area (Å²) in [6, 6.07) is 7.73. The Morgan fingerprint density at radius 3 is 3.19 bits per heavy atom. The van der Waals surface area contributed by atoms with Crippen molar-refractivity contribution >= 4 is 0 Å². The Morgan fingerprint density at radius 1 is 1.50 bits per heavy atom. The molecule has 16 heavy (non-hydrogen) atoms. The third kappa shape index (κ3) is 2.04. The zero-order valence-corrected chi connectivity index (χ0v) is 8.61. The van der Waals surface area contributed by atoms with Crippen LogP contribution in [0.4, 0.5) is 0 Å². The molecule has 1 atom stereocenters. The molecule has 0 radical (unpaired) electrons. The average Bonchev–Trinajstić information content (AvgIpc) is 2.99. The van der Waals surface area contributed by atoms with Crippen LogP contribution in [-0.4, -0.2) is 34.1 Å². The fourth-order valence-electron chi connectivity index (χ4n) is 1.41. The van der Waals surface area contributed by atoms with Gasteiger partial charge in [0.1, 0.15) is 31.1 Å². The lowest BCUT2D eigenvalue weighted by Crippen LogP contribution is -2.04. The van der Waals surface area contributed by atoms with Crippen molar-refractivity contribution in [2.75, 3.05) is 13.2 Å². The van der Waals surface area contributed by atoms with Gasteiger partial charge in [0.2, 0.25) is 0 Å². The highest BCUT2D eigenvalue weighted by atomic mass is 16.6. The molecule has 2 heterocycles. The summed E-state index contributed by atoms with van der Waals surface area (Å²) in [5.74, 6) is 0.823. The predicted octanol–water partition coefficient (Wildman–Crippen LogP) is 1.04. The SMILES string of the molecule is c1cc(OCC2CO2)cc(-n2cncn2)c1. The minimum atomic E-state index is 0.273. The van der Waals surface area contributed by atoms with Gasteiger partial charge in [0.05, 0.1) is 12.3 Å². The van der Waals surface area contributed by atoms with Crippen LogP contribution in [-0.2, 0) is 4.74 Å². The Morgan fingerprint density at radius 2 is 2.44 bits per heavy atom. The second-order valence-electron chi connectivity index (χ2n) is 3.60. The highest BCUT2D eigenvalue weighted by Gasteiger charge is 2.23. The molecule has 0 bridgehead atoms.